The molecule has 7 heteroatoms. The van der Waals surface area contributed by atoms with Gasteiger partial charge in [0.1, 0.15) is 0 Å². The molecule has 0 bridgehead atoms. The molecule has 1 rings (SSSR count). The molecule has 0 saturated heterocycles. The average molecular weight is 274 g/mol. The number of aromatic nitrogens is 3. The van der Waals surface area contributed by atoms with E-state index in [0.29, 0.717) is 24.2 Å². The van der Waals surface area contributed by atoms with E-state index in [-0.39, 0.29) is 17.9 Å². The third-order valence-corrected chi connectivity index (χ3v) is 2.72. The van der Waals surface area contributed by atoms with Gasteiger partial charge in [-0.1, -0.05) is 13.8 Å². The number of halogens is 1. The maximum Gasteiger partial charge on any atom is 0.230 e. The summed E-state index contributed by atoms with van der Waals surface area (Å²) in [6, 6.07) is 0.100. The van der Waals surface area contributed by atoms with Gasteiger partial charge in [0.2, 0.25) is 17.2 Å². The highest BCUT2D eigenvalue weighted by Gasteiger charge is 2.15. The van der Waals surface area contributed by atoms with Gasteiger partial charge in [0, 0.05) is 26.7 Å². The van der Waals surface area contributed by atoms with Crippen molar-refractivity contribution >= 4 is 23.5 Å². The first-order valence-electron chi connectivity index (χ1n) is 5.90. The molecule has 0 fully saturated rings. The van der Waals surface area contributed by atoms with Crippen molar-refractivity contribution in [2.75, 3.05) is 30.9 Å². The van der Waals surface area contributed by atoms with Crippen molar-refractivity contribution in [1.29, 1.82) is 0 Å². The Morgan fingerprint density at radius 2 is 1.94 bits per heavy atom. The van der Waals surface area contributed by atoms with Crippen molar-refractivity contribution in [3.8, 4) is 0 Å². The fourth-order valence-electron chi connectivity index (χ4n) is 1.48. The molecule has 1 heterocycles. The first kappa shape index (κ1) is 14.9. The number of hydrogen-bond acceptors (Lipinski definition) is 6. The zero-order valence-electron chi connectivity index (χ0n) is 11.2. The summed E-state index contributed by atoms with van der Waals surface area (Å²) in [6.45, 7) is 4.27. The minimum atomic E-state index is 0.100. The van der Waals surface area contributed by atoms with Gasteiger partial charge in [-0.2, -0.15) is 15.0 Å². The van der Waals surface area contributed by atoms with Crippen LogP contribution in [-0.4, -0.2) is 46.8 Å². The Bertz CT molecular complexity index is 386. The van der Waals surface area contributed by atoms with E-state index >= 15 is 0 Å². The summed E-state index contributed by atoms with van der Waals surface area (Å²) in [5.74, 6) is 1.30. The van der Waals surface area contributed by atoms with Crippen molar-refractivity contribution in [2.24, 2.45) is 5.92 Å². The fourth-order valence-corrected chi connectivity index (χ4v) is 1.64. The van der Waals surface area contributed by atoms with Crippen LogP contribution in [0, 0.1) is 5.92 Å². The monoisotopic (exact) mass is 273 g/mol. The van der Waals surface area contributed by atoms with Crippen LogP contribution in [0.3, 0.4) is 0 Å². The number of aliphatic hydroxyl groups is 1. The molecule has 0 aliphatic carbocycles. The second-order valence-corrected chi connectivity index (χ2v) is 4.97. The summed E-state index contributed by atoms with van der Waals surface area (Å²) < 4.78 is 0. The first-order chi connectivity index (χ1) is 8.43. The number of hydrogen-bond donors (Lipinski definition) is 2. The van der Waals surface area contributed by atoms with Gasteiger partial charge < -0.3 is 15.3 Å². The molecule has 102 valence electrons. The standard InChI is InChI=1S/C11H20ClN5O/c1-7(2)8(5-6-18)13-10-14-9(12)15-11(16-10)17(3)4/h7-8,18H,5-6H2,1-4H3,(H,13,14,15,16). The zero-order valence-corrected chi connectivity index (χ0v) is 11.9. The summed E-state index contributed by atoms with van der Waals surface area (Å²) >= 11 is 5.86. The third kappa shape index (κ3) is 4.27. The van der Waals surface area contributed by atoms with Crippen LogP contribution in [0.2, 0.25) is 5.28 Å². The minimum absolute atomic E-state index is 0.100. The average Bonchev–Trinajstić information content (AvgIpc) is 2.27. The summed E-state index contributed by atoms with van der Waals surface area (Å²) in [5, 5.41) is 12.4. The van der Waals surface area contributed by atoms with Gasteiger partial charge in [0.05, 0.1) is 0 Å². The molecule has 0 aliphatic heterocycles. The normalized spacial score (nSPS) is 12.6. The highest BCUT2D eigenvalue weighted by molar-refractivity contribution is 6.28. The molecule has 1 aromatic heterocycles. The van der Waals surface area contributed by atoms with E-state index in [0.717, 1.165) is 0 Å². The number of nitrogens with one attached hydrogen (secondary N) is 1. The second kappa shape index (κ2) is 6.70. The summed E-state index contributed by atoms with van der Waals surface area (Å²) in [4.78, 5) is 14.1. The predicted octanol–water partition coefficient (Wildman–Crippen LogP) is 1.41. The lowest BCUT2D eigenvalue weighted by molar-refractivity contribution is 0.267. The van der Waals surface area contributed by atoms with Gasteiger partial charge in [-0.15, -0.1) is 0 Å². The van der Waals surface area contributed by atoms with E-state index in [9.17, 15) is 0 Å². The largest absolute Gasteiger partial charge is 0.396 e. The molecule has 0 radical (unpaired) electrons. The Morgan fingerprint density at radius 3 is 2.44 bits per heavy atom. The highest BCUT2D eigenvalue weighted by atomic mass is 35.5. The lowest BCUT2D eigenvalue weighted by Crippen LogP contribution is -2.28. The Morgan fingerprint density at radius 1 is 1.28 bits per heavy atom. The van der Waals surface area contributed by atoms with Crippen molar-refractivity contribution in [1.82, 2.24) is 15.0 Å². The second-order valence-electron chi connectivity index (χ2n) is 4.63. The van der Waals surface area contributed by atoms with E-state index in [1.807, 2.05) is 14.1 Å². The number of anilines is 2. The van der Waals surface area contributed by atoms with Gasteiger partial charge in [0.25, 0.3) is 0 Å². The van der Waals surface area contributed by atoms with E-state index < -0.39 is 0 Å². The molecule has 0 aliphatic rings. The molecule has 2 N–H and O–H groups in total. The molecule has 0 spiro atoms. The molecule has 0 amide bonds. The predicted molar refractivity (Wildman–Crippen MR) is 73.1 cm³/mol. The quantitative estimate of drug-likeness (QED) is 0.816. The molecule has 1 aromatic rings. The van der Waals surface area contributed by atoms with Gasteiger partial charge in [-0.25, -0.2) is 0 Å². The van der Waals surface area contributed by atoms with Gasteiger partial charge in [0.15, 0.2) is 0 Å². The molecule has 1 unspecified atom stereocenters. The van der Waals surface area contributed by atoms with Crippen LogP contribution in [0.25, 0.3) is 0 Å². The maximum absolute atomic E-state index is 9.03. The van der Waals surface area contributed by atoms with Crippen molar-refractivity contribution in [3.63, 3.8) is 0 Å². The van der Waals surface area contributed by atoms with Gasteiger partial charge in [-0.3, -0.25) is 0 Å². The summed E-state index contributed by atoms with van der Waals surface area (Å²) in [7, 11) is 3.67. The van der Waals surface area contributed by atoms with Gasteiger partial charge >= 0.3 is 0 Å². The number of aliphatic hydroxyl groups excluding tert-OH is 1. The lowest BCUT2D eigenvalue weighted by Gasteiger charge is -2.22. The Hall–Kier alpha value is -1.14. The molecular weight excluding hydrogens is 254 g/mol. The Kier molecular flexibility index (Phi) is 5.55. The molecule has 0 aromatic carbocycles. The number of rotatable bonds is 6. The van der Waals surface area contributed by atoms with Crippen LogP contribution in [0.5, 0.6) is 0 Å². The lowest BCUT2D eigenvalue weighted by atomic mass is 10.0. The summed E-state index contributed by atoms with van der Waals surface area (Å²) in [5.41, 5.74) is 0. The van der Waals surface area contributed by atoms with Crippen molar-refractivity contribution in [3.05, 3.63) is 5.28 Å². The van der Waals surface area contributed by atoms with E-state index in [2.05, 4.69) is 34.1 Å². The summed E-state index contributed by atoms with van der Waals surface area (Å²) in [6.07, 6.45) is 0.637. The Labute approximate surface area is 112 Å². The SMILES string of the molecule is CC(C)C(CCO)Nc1nc(Cl)nc(N(C)C)n1. The van der Waals surface area contributed by atoms with Crippen LogP contribution in [0.15, 0.2) is 0 Å². The van der Waals surface area contributed by atoms with Crippen LogP contribution >= 0.6 is 11.6 Å². The van der Waals surface area contributed by atoms with Crippen molar-refractivity contribution < 1.29 is 5.11 Å². The van der Waals surface area contributed by atoms with Gasteiger partial charge in [-0.05, 0) is 23.9 Å². The van der Waals surface area contributed by atoms with Crippen LogP contribution in [0.1, 0.15) is 20.3 Å². The highest BCUT2D eigenvalue weighted by Crippen LogP contribution is 2.15. The number of nitrogens with zero attached hydrogens (tertiary/aromatic N) is 4. The topological polar surface area (TPSA) is 74.2 Å². The van der Waals surface area contributed by atoms with E-state index in [4.69, 9.17) is 16.7 Å². The molecule has 18 heavy (non-hydrogen) atoms. The first-order valence-corrected chi connectivity index (χ1v) is 6.28. The fraction of sp³-hybridized carbons (Fsp3) is 0.727. The molecular formula is C11H20ClN5O. The van der Waals surface area contributed by atoms with E-state index in [1.54, 1.807) is 4.90 Å². The molecule has 1 atom stereocenters. The maximum atomic E-state index is 9.03. The zero-order chi connectivity index (χ0) is 13.7. The molecule has 0 saturated carbocycles. The minimum Gasteiger partial charge on any atom is -0.396 e. The van der Waals surface area contributed by atoms with Crippen LogP contribution in [-0.2, 0) is 0 Å². The molecule has 6 nitrogen and oxygen atoms in total. The van der Waals surface area contributed by atoms with Crippen LogP contribution in [0.4, 0.5) is 11.9 Å². The smallest absolute Gasteiger partial charge is 0.230 e. The van der Waals surface area contributed by atoms with E-state index in [1.165, 1.54) is 0 Å². The van der Waals surface area contributed by atoms with Crippen molar-refractivity contribution in [2.45, 2.75) is 26.3 Å². The third-order valence-electron chi connectivity index (χ3n) is 2.56. The van der Waals surface area contributed by atoms with Crippen LogP contribution < -0.4 is 10.2 Å². The Balaban J connectivity index is 2.88.